The van der Waals surface area contributed by atoms with Crippen molar-refractivity contribution >= 4 is 0 Å². The Hall–Kier alpha value is -1.57. The number of benzene rings is 1. The molecule has 2 N–H and O–H groups in total. The summed E-state index contributed by atoms with van der Waals surface area (Å²) in [5.41, 5.74) is 1.39. The number of hydrogen-bond acceptors (Lipinski definition) is 4. The van der Waals surface area contributed by atoms with Gasteiger partial charge in [0, 0.05) is 13.1 Å². The molecule has 1 atom stereocenters. The van der Waals surface area contributed by atoms with Gasteiger partial charge in [-0.05, 0) is 23.1 Å². The van der Waals surface area contributed by atoms with Gasteiger partial charge in [-0.25, -0.2) is 0 Å². The second-order valence-corrected chi connectivity index (χ2v) is 5.66. The Labute approximate surface area is 115 Å². The molecule has 1 aromatic rings. The van der Waals surface area contributed by atoms with Gasteiger partial charge in [-0.3, -0.25) is 0 Å². The summed E-state index contributed by atoms with van der Waals surface area (Å²) in [7, 11) is 1.55. The van der Waals surface area contributed by atoms with Crippen LogP contribution in [0.15, 0.2) is 18.2 Å². The van der Waals surface area contributed by atoms with E-state index in [1.165, 1.54) is 0 Å². The van der Waals surface area contributed by atoms with E-state index < -0.39 is 6.10 Å². The summed E-state index contributed by atoms with van der Waals surface area (Å²) in [4.78, 5) is 0. The van der Waals surface area contributed by atoms with Crippen LogP contribution in [0.5, 0.6) is 5.75 Å². The Balaban J connectivity index is 2.58. The van der Waals surface area contributed by atoms with Crippen LogP contribution < -0.4 is 10.1 Å². The zero-order chi connectivity index (χ0) is 14.5. The Morgan fingerprint density at radius 2 is 2.11 bits per heavy atom. The van der Waals surface area contributed by atoms with E-state index in [0.717, 1.165) is 5.56 Å². The number of aliphatic hydroxyl groups is 1. The number of aliphatic hydroxyl groups excluding tert-OH is 1. The van der Waals surface area contributed by atoms with Gasteiger partial charge in [-0.1, -0.05) is 26.8 Å². The second kappa shape index (κ2) is 6.55. The largest absolute Gasteiger partial charge is 0.495 e. The SMILES string of the molecule is COc1ccc(CNCC(O)C(C)(C)C)cc1C#N. The highest BCUT2D eigenvalue weighted by molar-refractivity contribution is 5.45. The molecule has 1 aromatic carbocycles. The fourth-order valence-corrected chi connectivity index (χ4v) is 1.61. The molecule has 1 rings (SSSR count). The van der Waals surface area contributed by atoms with E-state index in [1.54, 1.807) is 19.2 Å². The Morgan fingerprint density at radius 3 is 2.63 bits per heavy atom. The summed E-state index contributed by atoms with van der Waals surface area (Å²) in [5.74, 6) is 0.584. The monoisotopic (exact) mass is 262 g/mol. The molecule has 0 aromatic heterocycles. The quantitative estimate of drug-likeness (QED) is 0.852. The lowest BCUT2D eigenvalue weighted by Crippen LogP contribution is -2.36. The van der Waals surface area contributed by atoms with Crippen molar-refractivity contribution in [3.05, 3.63) is 29.3 Å². The molecule has 0 aliphatic heterocycles. The van der Waals surface area contributed by atoms with Crippen LogP contribution in [-0.4, -0.2) is 24.9 Å². The molecule has 0 radical (unpaired) electrons. The maximum absolute atomic E-state index is 9.91. The maximum Gasteiger partial charge on any atom is 0.136 e. The van der Waals surface area contributed by atoms with Gasteiger partial charge in [0.05, 0.1) is 18.8 Å². The third-order valence-electron chi connectivity index (χ3n) is 3.05. The van der Waals surface area contributed by atoms with Crippen molar-refractivity contribution < 1.29 is 9.84 Å². The lowest BCUT2D eigenvalue weighted by Gasteiger charge is -2.26. The lowest BCUT2D eigenvalue weighted by atomic mass is 9.89. The summed E-state index contributed by atoms with van der Waals surface area (Å²) in [6.07, 6.45) is -0.402. The molecule has 0 saturated carbocycles. The Kier molecular flexibility index (Phi) is 5.34. The van der Waals surface area contributed by atoms with Crippen LogP contribution in [0.25, 0.3) is 0 Å². The van der Waals surface area contributed by atoms with Gasteiger partial charge in [-0.2, -0.15) is 5.26 Å². The molecule has 104 valence electrons. The topological polar surface area (TPSA) is 65.3 Å². The molecule has 19 heavy (non-hydrogen) atoms. The van der Waals surface area contributed by atoms with Crippen molar-refractivity contribution in [2.45, 2.75) is 33.4 Å². The van der Waals surface area contributed by atoms with Gasteiger partial charge in [0.2, 0.25) is 0 Å². The molecule has 0 fully saturated rings. The normalized spacial score (nSPS) is 12.8. The van der Waals surface area contributed by atoms with Gasteiger partial charge in [0.1, 0.15) is 11.8 Å². The molecule has 0 bridgehead atoms. The predicted octanol–water partition coefficient (Wildman–Crippen LogP) is 2.06. The van der Waals surface area contributed by atoms with Crippen molar-refractivity contribution in [1.29, 1.82) is 5.26 Å². The highest BCUT2D eigenvalue weighted by Gasteiger charge is 2.21. The standard InChI is InChI=1S/C15H22N2O2/c1-15(2,3)14(18)10-17-9-11-5-6-13(19-4)12(7-11)8-16/h5-7,14,17-18H,9-10H2,1-4H3. The zero-order valence-corrected chi connectivity index (χ0v) is 12.0. The van der Waals surface area contributed by atoms with Crippen LogP contribution in [-0.2, 0) is 6.54 Å². The van der Waals surface area contributed by atoms with Crippen LogP contribution in [0.2, 0.25) is 0 Å². The number of ether oxygens (including phenoxy) is 1. The minimum Gasteiger partial charge on any atom is -0.495 e. The molecule has 4 nitrogen and oxygen atoms in total. The van der Waals surface area contributed by atoms with Crippen LogP contribution in [0.4, 0.5) is 0 Å². The number of nitriles is 1. The van der Waals surface area contributed by atoms with Crippen molar-refractivity contribution in [3.63, 3.8) is 0 Å². The summed E-state index contributed by atoms with van der Waals surface area (Å²) in [6, 6.07) is 7.61. The summed E-state index contributed by atoms with van der Waals surface area (Å²) in [5, 5.41) is 22.1. The number of nitrogens with one attached hydrogen (secondary N) is 1. The number of rotatable bonds is 5. The molecule has 1 unspecified atom stereocenters. The molecule has 0 heterocycles. The summed E-state index contributed by atoms with van der Waals surface area (Å²) < 4.78 is 5.10. The molecule has 0 aliphatic rings. The van der Waals surface area contributed by atoms with Gasteiger partial charge in [-0.15, -0.1) is 0 Å². The Bertz CT molecular complexity index is 458. The molecule has 0 saturated heterocycles. The smallest absolute Gasteiger partial charge is 0.136 e. The van der Waals surface area contributed by atoms with Crippen LogP contribution in [0.1, 0.15) is 31.9 Å². The lowest BCUT2D eigenvalue weighted by molar-refractivity contribution is 0.0627. The fraction of sp³-hybridized carbons (Fsp3) is 0.533. The number of methoxy groups -OCH3 is 1. The predicted molar refractivity (Wildman–Crippen MR) is 74.9 cm³/mol. The van der Waals surface area contributed by atoms with Crippen molar-refractivity contribution in [1.82, 2.24) is 5.32 Å². The highest BCUT2D eigenvalue weighted by Crippen LogP contribution is 2.20. The average Bonchev–Trinajstić information content (AvgIpc) is 2.37. The molecule has 0 amide bonds. The molecule has 0 spiro atoms. The fourth-order valence-electron chi connectivity index (χ4n) is 1.61. The highest BCUT2D eigenvalue weighted by atomic mass is 16.5. The maximum atomic E-state index is 9.91. The Morgan fingerprint density at radius 1 is 1.42 bits per heavy atom. The molecule has 4 heteroatoms. The van der Waals surface area contributed by atoms with Gasteiger partial charge in [0.15, 0.2) is 0 Å². The van der Waals surface area contributed by atoms with Crippen LogP contribution in [0, 0.1) is 16.7 Å². The number of nitrogens with zero attached hydrogens (tertiary/aromatic N) is 1. The summed E-state index contributed by atoms with van der Waals surface area (Å²) >= 11 is 0. The zero-order valence-electron chi connectivity index (χ0n) is 12.0. The first-order valence-corrected chi connectivity index (χ1v) is 6.34. The van der Waals surface area contributed by atoms with E-state index in [-0.39, 0.29) is 5.41 Å². The number of hydrogen-bond donors (Lipinski definition) is 2. The average molecular weight is 262 g/mol. The second-order valence-electron chi connectivity index (χ2n) is 5.66. The van der Waals surface area contributed by atoms with Crippen LogP contribution in [0.3, 0.4) is 0 Å². The minimum atomic E-state index is -0.402. The van der Waals surface area contributed by atoms with Crippen LogP contribution >= 0.6 is 0 Å². The van der Waals surface area contributed by atoms with E-state index >= 15 is 0 Å². The molecule has 0 aliphatic carbocycles. The van der Waals surface area contributed by atoms with Gasteiger partial charge >= 0.3 is 0 Å². The third-order valence-corrected chi connectivity index (χ3v) is 3.05. The first-order valence-electron chi connectivity index (χ1n) is 6.34. The summed E-state index contributed by atoms with van der Waals surface area (Å²) in [6.45, 7) is 7.14. The van der Waals surface area contributed by atoms with E-state index in [0.29, 0.717) is 24.4 Å². The first-order chi connectivity index (χ1) is 8.88. The first kappa shape index (κ1) is 15.5. The van der Waals surface area contributed by atoms with Gasteiger partial charge in [0.25, 0.3) is 0 Å². The van der Waals surface area contributed by atoms with E-state index in [4.69, 9.17) is 10.00 Å². The van der Waals surface area contributed by atoms with Crippen molar-refractivity contribution in [2.24, 2.45) is 5.41 Å². The van der Waals surface area contributed by atoms with E-state index in [2.05, 4.69) is 11.4 Å². The molecular formula is C15H22N2O2. The van der Waals surface area contributed by atoms with Gasteiger partial charge < -0.3 is 15.2 Å². The minimum absolute atomic E-state index is 0.134. The van der Waals surface area contributed by atoms with Crippen molar-refractivity contribution in [2.75, 3.05) is 13.7 Å². The third kappa shape index (κ3) is 4.55. The van der Waals surface area contributed by atoms with E-state index in [1.807, 2.05) is 26.8 Å². The van der Waals surface area contributed by atoms with Crippen molar-refractivity contribution in [3.8, 4) is 11.8 Å². The van der Waals surface area contributed by atoms with E-state index in [9.17, 15) is 5.11 Å². The molecular weight excluding hydrogens is 240 g/mol.